The van der Waals surface area contributed by atoms with Crippen LogP contribution < -0.4 is 15.4 Å². The van der Waals surface area contributed by atoms with Crippen molar-refractivity contribution >= 4 is 41.3 Å². The summed E-state index contributed by atoms with van der Waals surface area (Å²) in [5, 5.41) is 19.6. The smallest absolute Gasteiger partial charge is 0.191 e. The van der Waals surface area contributed by atoms with Crippen LogP contribution in [0.5, 0.6) is 11.5 Å². The van der Waals surface area contributed by atoms with Gasteiger partial charge in [0.2, 0.25) is 0 Å². The molecule has 1 aromatic heterocycles. The zero-order valence-corrected chi connectivity index (χ0v) is 18.7. The Morgan fingerprint density at radius 3 is 2.73 bits per heavy atom. The minimum Gasteiger partial charge on any atom is -0.508 e. The standard InChI is InChI=1S/C18H26N4O2S.HI/c1-5-19-18(21-10-17-22-15(11-25-17)12(2)3)20-9-13-8-14(24-4)6-7-16(13)23;/h6-8,11-12,23H,5,9-10H2,1-4H3,(H2,19,20,21);1H. The molecule has 0 aliphatic heterocycles. The third-order valence-corrected chi connectivity index (χ3v) is 4.47. The molecule has 0 aliphatic carbocycles. The van der Waals surface area contributed by atoms with Gasteiger partial charge in [-0.15, -0.1) is 35.3 Å². The zero-order valence-electron chi connectivity index (χ0n) is 15.6. The van der Waals surface area contributed by atoms with E-state index in [0.717, 1.165) is 17.2 Å². The van der Waals surface area contributed by atoms with E-state index in [1.54, 1.807) is 36.6 Å². The first-order chi connectivity index (χ1) is 12.0. The molecular weight excluding hydrogens is 463 g/mol. The summed E-state index contributed by atoms with van der Waals surface area (Å²) >= 11 is 1.65. The van der Waals surface area contributed by atoms with Gasteiger partial charge < -0.3 is 20.5 Å². The van der Waals surface area contributed by atoms with Crippen LogP contribution >= 0.6 is 35.3 Å². The Hall–Kier alpha value is -1.55. The van der Waals surface area contributed by atoms with E-state index in [9.17, 15) is 5.11 Å². The first kappa shape index (κ1) is 22.5. The minimum absolute atomic E-state index is 0. The first-order valence-corrected chi connectivity index (χ1v) is 9.23. The van der Waals surface area contributed by atoms with E-state index in [2.05, 4.69) is 39.8 Å². The molecule has 26 heavy (non-hydrogen) atoms. The molecule has 6 nitrogen and oxygen atoms in total. The lowest BCUT2D eigenvalue weighted by Gasteiger charge is -2.11. The lowest BCUT2D eigenvalue weighted by molar-refractivity contribution is 0.411. The molecule has 2 aromatic rings. The van der Waals surface area contributed by atoms with Crippen molar-refractivity contribution in [1.82, 2.24) is 15.6 Å². The molecule has 1 aromatic carbocycles. The number of methoxy groups -OCH3 is 1. The van der Waals surface area contributed by atoms with Crippen molar-refractivity contribution in [3.05, 3.63) is 39.8 Å². The van der Waals surface area contributed by atoms with Crippen LogP contribution in [0.15, 0.2) is 28.6 Å². The number of rotatable bonds is 7. The second-order valence-corrected chi connectivity index (χ2v) is 6.81. The van der Waals surface area contributed by atoms with Crippen LogP contribution in [0.4, 0.5) is 0 Å². The van der Waals surface area contributed by atoms with Crippen LogP contribution in [-0.2, 0) is 13.1 Å². The summed E-state index contributed by atoms with van der Waals surface area (Å²) < 4.78 is 5.19. The van der Waals surface area contributed by atoms with E-state index in [-0.39, 0.29) is 29.7 Å². The molecule has 0 aliphatic rings. The number of hydrogen-bond donors (Lipinski definition) is 3. The third-order valence-electron chi connectivity index (χ3n) is 3.61. The summed E-state index contributed by atoms with van der Waals surface area (Å²) in [5.74, 6) is 2.03. The molecule has 3 N–H and O–H groups in total. The molecule has 144 valence electrons. The number of hydrogen-bond acceptors (Lipinski definition) is 5. The maximum Gasteiger partial charge on any atom is 0.191 e. The minimum atomic E-state index is 0. The number of phenols is 1. The highest BCUT2D eigenvalue weighted by atomic mass is 127. The fourth-order valence-electron chi connectivity index (χ4n) is 2.15. The van der Waals surface area contributed by atoms with Crippen molar-refractivity contribution in [2.24, 2.45) is 4.99 Å². The second-order valence-electron chi connectivity index (χ2n) is 5.86. The van der Waals surface area contributed by atoms with Crippen LogP contribution in [0.2, 0.25) is 0 Å². The van der Waals surface area contributed by atoms with Crippen molar-refractivity contribution in [3.8, 4) is 11.5 Å². The molecule has 0 saturated carbocycles. The molecule has 1 heterocycles. The molecule has 0 unspecified atom stereocenters. The molecule has 0 radical (unpaired) electrons. The summed E-state index contributed by atoms with van der Waals surface area (Å²) in [5.41, 5.74) is 1.83. The van der Waals surface area contributed by atoms with Gasteiger partial charge in [0.25, 0.3) is 0 Å². The molecule has 0 spiro atoms. The summed E-state index contributed by atoms with van der Waals surface area (Å²) in [7, 11) is 1.60. The van der Waals surface area contributed by atoms with E-state index in [1.165, 1.54) is 0 Å². The molecular formula is C18H27IN4O2S. The summed E-state index contributed by atoms with van der Waals surface area (Å²) in [6.45, 7) is 8.02. The van der Waals surface area contributed by atoms with Gasteiger partial charge in [0, 0.05) is 17.5 Å². The number of benzene rings is 1. The number of thiazole rings is 1. The molecule has 8 heteroatoms. The first-order valence-electron chi connectivity index (χ1n) is 8.35. The third kappa shape index (κ3) is 6.64. The zero-order chi connectivity index (χ0) is 18.2. The Bertz CT molecular complexity index is 719. The highest BCUT2D eigenvalue weighted by Crippen LogP contribution is 2.23. The van der Waals surface area contributed by atoms with Crippen molar-refractivity contribution in [2.45, 2.75) is 39.8 Å². The van der Waals surface area contributed by atoms with E-state index < -0.39 is 0 Å². The molecule has 0 fully saturated rings. The summed E-state index contributed by atoms with van der Waals surface area (Å²) in [6.07, 6.45) is 0. The Morgan fingerprint density at radius 1 is 1.35 bits per heavy atom. The Morgan fingerprint density at radius 2 is 2.12 bits per heavy atom. The van der Waals surface area contributed by atoms with Crippen LogP contribution in [0.1, 0.15) is 43.0 Å². The van der Waals surface area contributed by atoms with Crippen molar-refractivity contribution < 1.29 is 9.84 Å². The molecule has 2 rings (SSSR count). The van der Waals surface area contributed by atoms with Gasteiger partial charge in [-0.1, -0.05) is 13.8 Å². The van der Waals surface area contributed by atoms with E-state index in [4.69, 9.17) is 4.74 Å². The highest BCUT2D eigenvalue weighted by molar-refractivity contribution is 14.0. The molecule has 0 saturated heterocycles. The number of ether oxygens (including phenoxy) is 1. The maximum atomic E-state index is 9.96. The van der Waals surface area contributed by atoms with Crippen molar-refractivity contribution in [2.75, 3.05) is 13.7 Å². The number of nitrogens with zero attached hydrogens (tertiary/aromatic N) is 2. The monoisotopic (exact) mass is 490 g/mol. The summed E-state index contributed by atoms with van der Waals surface area (Å²) in [4.78, 5) is 9.15. The van der Waals surface area contributed by atoms with Gasteiger partial charge >= 0.3 is 0 Å². The average molecular weight is 490 g/mol. The highest BCUT2D eigenvalue weighted by Gasteiger charge is 2.07. The largest absolute Gasteiger partial charge is 0.508 e. The van der Waals surface area contributed by atoms with E-state index in [0.29, 0.717) is 36.3 Å². The number of guanidine groups is 1. The van der Waals surface area contributed by atoms with E-state index in [1.807, 2.05) is 6.92 Å². The number of aliphatic imine (C=N–C) groups is 1. The van der Waals surface area contributed by atoms with Gasteiger partial charge in [0.1, 0.15) is 16.5 Å². The Balaban J connectivity index is 0.00000338. The SMILES string of the molecule is CCNC(=NCc1cc(OC)ccc1O)NCc1nc(C(C)C)cs1.I. The summed E-state index contributed by atoms with van der Waals surface area (Å²) in [6, 6.07) is 5.13. The number of nitrogens with one attached hydrogen (secondary N) is 2. The van der Waals surface area contributed by atoms with Crippen LogP contribution in [-0.4, -0.2) is 29.7 Å². The topological polar surface area (TPSA) is 78.8 Å². The van der Waals surface area contributed by atoms with Gasteiger partial charge in [0.15, 0.2) is 5.96 Å². The van der Waals surface area contributed by atoms with Gasteiger partial charge in [0.05, 0.1) is 25.9 Å². The van der Waals surface area contributed by atoms with E-state index >= 15 is 0 Å². The van der Waals surface area contributed by atoms with Gasteiger partial charge in [-0.25, -0.2) is 9.98 Å². The van der Waals surface area contributed by atoms with Gasteiger partial charge in [-0.3, -0.25) is 0 Å². The van der Waals surface area contributed by atoms with Crippen LogP contribution in [0.3, 0.4) is 0 Å². The molecule has 0 atom stereocenters. The average Bonchev–Trinajstić information content (AvgIpc) is 3.08. The Kier molecular flexibility index (Phi) is 9.71. The number of aromatic hydroxyl groups is 1. The fourth-order valence-corrected chi connectivity index (χ4v) is 3.05. The predicted octanol–water partition coefficient (Wildman–Crippen LogP) is 3.85. The van der Waals surface area contributed by atoms with Gasteiger partial charge in [-0.2, -0.15) is 0 Å². The lowest BCUT2D eigenvalue weighted by Crippen LogP contribution is -2.36. The lowest BCUT2D eigenvalue weighted by atomic mass is 10.2. The predicted molar refractivity (Wildman–Crippen MR) is 118 cm³/mol. The molecule has 0 amide bonds. The molecule has 0 bridgehead atoms. The second kappa shape index (κ2) is 11.2. The number of phenolic OH excluding ortho intramolecular Hbond substituents is 1. The van der Waals surface area contributed by atoms with Crippen molar-refractivity contribution in [1.29, 1.82) is 0 Å². The fraction of sp³-hybridized carbons (Fsp3) is 0.444. The van der Waals surface area contributed by atoms with Crippen molar-refractivity contribution in [3.63, 3.8) is 0 Å². The maximum absolute atomic E-state index is 9.96. The number of aromatic nitrogens is 1. The van der Waals surface area contributed by atoms with Gasteiger partial charge in [-0.05, 0) is 31.0 Å². The number of halogens is 1. The van der Waals surface area contributed by atoms with Crippen LogP contribution in [0.25, 0.3) is 0 Å². The normalized spacial score (nSPS) is 11.2. The Labute approximate surface area is 176 Å². The quantitative estimate of drug-likeness (QED) is 0.312. The van der Waals surface area contributed by atoms with Crippen LogP contribution in [0, 0.1) is 0 Å².